The topological polar surface area (TPSA) is 97.1 Å². The molecule has 7 rings (SSSR count). The third-order valence-corrected chi connectivity index (χ3v) is 10.00. The standard InChI is InChI=1S/C33H40N4O5/c1-3-23-24-16-22(42-32(39)36-14-10-21(11-15-36)35-12-6-5-7-13-35)8-9-28(24)34-30-25(23)18-37-29(30)17-27-26(31(37)38)19-41-20-33(27,40)4-2/h8-9,16-17,21,40H,3-7,10-15,18-20H2,1-2H3. The van der Waals surface area contributed by atoms with E-state index in [1.807, 2.05) is 36.1 Å². The van der Waals surface area contributed by atoms with Crippen molar-refractivity contribution in [1.29, 1.82) is 0 Å². The summed E-state index contributed by atoms with van der Waals surface area (Å²) in [6.45, 7) is 8.60. The van der Waals surface area contributed by atoms with Gasteiger partial charge in [-0.15, -0.1) is 0 Å². The molecule has 3 aromatic rings. The number of aryl methyl sites for hydroxylation is 1. The average molecular weight is 573 g/mol. The monoisotopic (exact) mass is 572 g/mol. The Hall–Kier alpha value is -3.27. The number of pyridine rings is 2. The van der Waals surface area contributed by atoms with Gasteiger partial charge < -0.3 is 28.9 Å². The van der Waals surface area contributed by atoms with Crippen LogP contribution in [0.25, 0.3) is 22.3 Å². The fourth-order valence-electron chi connectivity index (χ4n) is 7.51. The number of likely N-dealkylation sites (tertiary alicyclic amines) is 2. The number of amides is 1. The van der Waals surface area contributed by atoms with Crippen molar-refractivity contribution in [2.24, 2.45) is 0 Å². The zero-order chi connectivity index (χ0) is 29.0. The molecule has 0 spiro atoms. The molecular weight excluding hydrogens is 532 g/mol. The van der Waals surface area contributed by atoms with E-state index < -0.39 is 5.60 Å². The molecule has 1 N–H and O–H groups in total. The summed E-state index contributed by atoms with van der Waals surface area (Å²) in [5.74, 6) is 0.510. The highest BCUT2D eigenvalue weighted by Gasteiger charge is 2.38. The van der Waals surface area contributed by atoms with Crippen molar-refractivity contribution in [2.45, 2.75) is 83.6 Å². The lowest BCUT2D eigenvalue weighted by Crippen LogP contribution is -2.48. The smallest absolute Gasteiger partial charge is 0.410 e. The molecule has 6 heterocycles. The third-order valence-electron chi connectivity index (χ3n) is 10.00. The summed E-state index contributed by atoms with van der Waals surface area (Å²) in [6.07, 6.45) is 6.79. The molecule has 9 heteroatoms. The van der Waals surface area contributed by atoms with Crippen molar-refractivity contribution in [3.05, 3.63) is 56.9 Å². The highest BCUT2D eigenvalue weighted by molar-refractivity contribution is 5.89. The van der Waals surface area contributed by atoms with Crippen LogP contribution in [0.3, 0.4) is 0 Å². The van der Waals surface area contributed by atoms with Gasteiger partial charge in [-0.1, -0.05) is 20.3 Å². The van der Waals surface area contributed by atoms with Crippen LogP contribution >= 0.6 is 0 Å². The molecule has 1 amide bonds. The molecule has 2 aromatic heterocycles. The summed E-state index contributed by atoms with van der Waals surface area (Å²) in [7, 11) is 0. The number of carbonyl (C=O) groups excluding carboxylic acids is 1. The number of carbonyl (C=O) groups is 1. The summed E-state index contributed by atoms with van der Waals surface area (Å²) in [5, 5.41) is 12.2. The van der Waals surface area contributed by atoms with Crippen LogP contribution in [0.5, 0.6) is 5.75 Å². The number of aromatic nitrogens is 2. The molecule has 2 fully saturated rings. The molecule has 222 valence electrons. The summed E-state index contributed by atoms with van der Waals surface area (Å²) in [4.78, 5) is 36.1. The first-order valence-electron chi connectivity index (χ1n) is 15.6. The van der Waals surface area contributed by atoms with Crippen molar-refractivity contribution in [1.82, 2.24) is 19.4 Å². The van der Waals surface area contributed by atoms with Crippen molar-refractivity contribution in [3.8, 4) is 17.1 Å². The number of piperidine rings is 2. The van der Waals surface area contributed by atoms with Crippen LogP contribution < -0.4 is 10.3 Å². The van der Waals surface area contributed by atoms with Crippen LogP contribution in [0.1, 0.15) is 74.6 Å². The number of fused-ring (bicyclic) bond motifs is 5. The van der Waals surface area contributed by atoms with E-state index in [0.29, 0.717) is 35.9 Å². The van der Waals surface area contributed by atoms with E-state index in [-0.39, 0.29) is 24.9 Å². The third kappa shape index (κ3) is 4.53. The fourth-order valence-corrected chi connectivity index (χ4v) is 7.51. The van der Waals surface area contributed by atoms with Gasteiger partial charge in [-0.05, 0) is 87.0 Å². The maximum absolute atomic E-state index is 13.6. The van der Waals surface area contributed by atoms with Crippen LogP contribution in [-0.4, -0.2) is 69.4 Å². The summed E-state index contributed by atoms with van der Waals surface area (Å²) < 4.78 is 13.3. The van der Waals surface area contributed by atoms with Gasteiger partial charge in [0.25, 0.3) is 5.56 Å². The Balaban J connectivity index is 1.15. The van der Waals surface area contributed by atoms with E-state index in [0.717, 1.165) is 65.8 Å². The van der Waals surface area contributed by atoms with Gasteiger partial charge in [0.15, 0.2) is 0 Å². The number of rotatable bonds is 4. The van der Waals surface area contributed by atoms with Crippen LogP contribution in [0, 0.1) is 0 Å². The second-order valence-corrected chi connectivity index (χ2v) is 12.3. The van der Waals surface area contributed by atoms with Gasteiger partial charge >= 0.3 is 6.09 Å². The SMILES string of the molecule is CCc1c2c(nc3ccc(OC(=O)N4CCC(N5CCCCC5)CC4)cc13)-c1cc3c(c(=O)n1C2)COCC3(O)CC. The molecule has 42 heavy (non-hydrogen) atoms. The van der Waals surface area contributed by atoms with Crippen LogP contribution in [0.2, 0.25) is 0 Å². The molecule has 4 aliphatic rings. The van der Waals surface area contributed by atoms with Crippen molar-refractivity contribution < 1.29 is 19.4 Å². The van der Waals surface area contributed by atoms with E-state index in [2.05, 4.69) is 11.8 Å². The zero-order valence-corrected chi connectivity index (χ0v) is 24.7. The van der Waals surface area contributed by atoms with E-state index in [9.17, 15) is 14.7 Å². The second kappa shape index (κ2) is 10.8. The molecule has 4 aliphatic heterocycles. The first-order valence-corrected chi connectivity index (χ1v) is 15.6. The number of ether oxygens (including phenoxy) is 2. The summed E-state index contributed by atoms with van der Waals surface area (Å²) >= 11 is 0. The molecule has 2 saturated heterocycles. The summed E-state index contributed by atoms with van der Waals surface area (Å²) in [5.41, 5.74) is 4.29. The van der Waals surface area contributed by atoms with Gasteiger partial charge in [0.05, 0.1) is 36.7 Å². The van der Waals surface area contributed by atoms with Gasteiger partial charge in [0, 0.05) is 35.6 Å². The number of nitrogens with zero attached hydrogens (tertiary/aromatic N) is 4. The largest absolute Gasteiger partial charge is 0.415 e. The van der Waals surface area contributed by atoms with Crippen LogP contribution in [0.15, 0.2) is 29.1 Å². The Labute approximate surface area is 246 Å². The molecule has 0 radical (unpaired) electrons. The Morgan fingerprint density at radius 2 is 1.88 bits per heavy atom. The average Bonchev–Trinajstić information content (AvgIpc) is 3.39. The maximum atomic E-state index is 13.6. The predicted molar refractivity (Wildman–Crippen MR) is 160 cm³/mol. The lowest BCUT2D eigenvalue weighted by molar-refractivity contribution is -0.0757. The zero-order valence-electron chi connectivity index (χ0n) is 24.7. The number of hydrogen-bond acceptors (Lipinski definition) is 7. The molecular formula is C33H40N4O5. The highest BCUT2D eigenvalue weighted by atomic mass is 16.6. The Kier molecular flexibility index (Phi) is 7.07. The fraction of sp³-hybridized carbons (Fsp3) is 0.545. The van der Waals surface area contributed by atoms with Gasteiger partial charge in [-0.2, -0.15) is 0 Å². The molecule has 0 aliphatic carbocycles. The van der Waals surface area contributed by atoms with E-state index in [4.69, 9.17) is 14.5 Å². The minimum Gasteiger partial charge on any atom is -0.410 e. The number of hydrogen-bond donors (Lipinski definition) is 1. The molecule has 9 nitrogen and oxygen atoms in total. The van der Waals surface area contributed by atoms with Crippen LogP contribution in [-0.2, 0) is 29.9 Å². The normalized spacial score (nSPS) is 22.6. The molecule has 0 saturated carbocycles. The summed E-state index contributed by atoms with van der Waals surface area (Å²) in [6, 6.07) is 8.13. The predicted octanol–water partition coefficient (Wildman–Crippen LogP) is 4.56. The lowest BCUT2D eigenvalue weighted by atomic mass is 9.86. The first kappa shape index (κ1) is 27.6. The maximum Gasteiger partial charge on any atom is 0.415 e. The quantitative estimate of drug-likeness (QED) is 0.383. The Bertz CT molecular complexity index is 1600. The molecule has 1 aromatic carbocycles. The number of aliphatic hydroxyl groups is 1. The van der Waals surface area contributed by atoms with Gasteiger partial charge in [-0.3, -0.25) is 4.79 Å². The van der Waals surface area contributed by atoms with Crippen molar-refractivity contribution in [3.63, 3.8) is 0 Å². The second-order valence-electron chi connectivity index (χ2n) is 12.3. The van der Waals surface area contributed by atoms with E-state index in [1.54, 1.807) is 4.57 Å². The van der Waals surface area contributed by atoms with E-state index in [1.165, 1.54) is 32.4 Å². The Morgan fingerprint density at radius 3 is 2.62 bits per heavy atom. The van der Waals surface area contributed by atoms with Crippen molar-refractivity contribution >= 4 is 17.0 Å². The minimum atomic E-state index is -1.18. The molecule has 0 bridgehead atoms. The van der Waals surface area contributed by atoms with Crippen molar-refractivity contribution in [2.75, 3.05) is 32.8 Å². The molecule has 1 atom stereocenters. The lowest BCUT2D eigenvalue weighted by Gasteiger charge is -2.39. The van der Waals surface area contributed by atoms with Gasteiger partial charge in [-0.25, -0.2) is 9.78 Å². The van der Waals surface area contributed by atoms with Gasteiger partial charge in [0.2, 0.25) is 0 Å². The highest BCUT2D eigenvalue weighted by Crippen LogP contribution is 2.40. The number of benzene rings is 1. The Morgan fingerprint density at radius 1 is 1.10 bits per heavy atom. The van der Waals surface area contributed by atoms with Crippen LogP contribution in [0.4, 0.5) is 4.79 Å². The van der Waals surface area contributed by atoms with E-state index >= 15 is 0 Å². The minimum absolute atomic E-state index is 0.128. The molecule has 1 unspecified atom stereocenters. The first-order chi connectivity index (χ1) is 20.4. The van der Waals surface area contributed by atoms with Gasteiger partial charge in [0.1, 0.15) is 11.4 Å².